The molecule has 0 saturated heterocycles. The van der Waals surface area contributed by atoms with Crippen molar-refractivity contribution in [3.05, 3.63) is 77.9 Å². The van der Waals surface area contributed by atoms with E-state index in [-0.39, 0.29) is 17.9 Å². The number of ether oxygens (including phenoxy) is 2. The number of rotatable bonds is 4. The van der Waals surface area contributed by atoms with E-state index in [1.165, 1.54) is 12.1 Å². The normalized spacial score (nSPS) is 15.6. The number of halogens is 1. The van der Waals surface area contributed by atoms with Crippen molar-refractivity contribution >= 4 is 11.7 Å². The third-order valence-corrected chi connectivity index (χ3v) is 5.12. The van der Waals surface area contributed by atoms with Gasteiger partial charge < -0.3 is 24.3 Å². The highest BCUT2D eigenvalue weighted by Crippen LogP contribution is 2.34. The lowest BCUT2D eigenvalue weighted by atomic mass is 10.0. The number of carbonyl (C=O) groups excluding carboxylic acids is 1. The average Bonchev–Trinajstić information content (AvgIpc) is 3.22. The van der Waals surface area contributed by atoms with Crippen LogP contribution in [0.3, 0.4) is 0 Å². The molecule has 6 nitrogen and oxygen atoms in total. The Labute approximate surface area is 168 Å². The van der Waals surface area contributed by atoms with Gasteiger partial charge in [0, 0.05) is 36.7 Å². The van der Waals surface area contributed by atoms with Crippen LogP contribution in [0.25, 0.3) is 0 Å². The molecule has 1 aromatic heterocycles. The van der Waals surface area contributed by atoms with Crippen LogP contribution in [-0.4, -0.2) is 36.3 Å². The highest BCUT2D eigenvalue weighted by molar-refractivity contribution is 5.90. The van der Waals surface area contributed by atoms with E-state index < -0.39 is 0 Å². The monoisotopic (exact) mass is 395 g/mol. The first-order chi connectivity index (χ1) is 14.1. The zero-order valence-electron chi connectivity index (χ0n) is 16.3. The second kappa shape index (κ2) is 7.87. The third-order valence-electron chi connectivity index (χ3n) is 5.12. The van der Waals surface area contributed by atoms with Crippen molar-refractivity contribution in [3.8, 4) is 11.5 Å². The van der Waals surface area contributed by atoms with Crippen molar-refractivity contribution in [2.45, 2.75) is 12.6 Å². The molecule has 2 heterocycles. The maximum absolute atomic E-state index is 13.4. The molecule has 2 amide bonds. The lowest BCUT2D eigenvalue weighted by Crippen LogP contribution is -2.44. The summed E-state index contributed by atoms with van der Waals surface area (Å²) in [6, 6.07) is 14.9. The van der Waals surface area contributed by atoms with Crippen LogP contribution >= 0.6 is 0 Å². The summed E-state index contributed by atoms with van der Waals surface area (Å²) in [6.07, 6.45) is 2.00. The Balaban J connectivity index is 1.64. The highest BCUT2D eigenvalue weighted by Gasteiger charge is 2.32. The number of urea groups is 1. The van der Waals surface area contributed by atoms with E-state index in [1.54, 1.807) is 49.5 Å². The Kier molecular flexibility index (Phi) is 5.12. The van der Waals surface area contributed by atoms with E-state index in [1.807, 2.05) is 18.3 Å². The van der Waals surface area contributed by atoms with E-state index in [2.05, 4.69) is 9.88 Å². The lowest BCUT2D eigenvalue weighted by molar-refractivity contribution is 0.182. The minimum absolute atomic E-state index is 0.237. The third kappa shape index (κ3) is 3.63. The number of anilines is 1. The van der Waals surface area contributed by atoms with E-state index in [0.29, 0.717) is 30.3 Å². The number of methoxy groups -OCH3 is 2. The summed E-state index contributed by atoms with van der Waals surface area (Å²) in [6.45, 7) is 1.22. The molecule has 2 aromatic carbocycles. The Morgan fingerprint density at radius 3 is 2.52 bits per heavy atom. The first-order valence-corrected chi connectivity index (χ1v) is 9.31. The summed E-state index contributed by atoms with van der Waals surface area (Å²) < 4.78 is 26.1. The quantitative estimate of drug-likeness (QED) is 0.717. The molecule has 150 valence electrons. The van der Waals surface area contributed by atoms with E-state index in [0.717, 1.165) is 11.3 Å². The van der Waals surface area contributed by atoms with Gasteiger partial charge in [0.05, 0.1) is 20.3 Å². The van der Waals surface area contributed by atoms with Crippen molar-refractivity contribution in [1.29, 1.82) is 0 Å². The largest absolute Gasteiger partial charge is 0.493 e. The molecule has 0 aliphatic carbocycles. The summed E-state index contributed by atoms with van der Waals surface area (Å²) in [5, 5.41) is 2.94. The number of nitrogens with zero attached hydrogens (tertiary/aromatic N) is 2. The predicted octanol–water partition coefficient (Wildman–Crippen LogP) is 4.28. The zero-order chi connectivity index (χ0) is 20.4. The minimum Gasteiger partial charge on any atom is -0.493 e. The number of aromatic nitrogens is 1. The Morgan fingerprint density at radius 1 is 1.03 bits per heavy atom. The summed E-state index contributed by atoms with van der Waals surface area (Å²) in [5.41, 5.74) is 2.45. The smallest absolute Gasteiger partial charge is 0.322 e. The molecule has 1 unspecified atom stereocenters. The molecule has 3 aromatic rings. The van der Waals surface area contributed by atoms with Gasteiger partial charge in [-0.1, -0.05) is 12.1 Å². The Bertz CT molecular complexity index is 1020. The maximum atomic E-state index is 13.4. The summed E-state index contributed by atoms with van der Waals surface area (Å²) in [7, 11) is 3.11. The van der Waals surface area contributed by atoms with Crippen LogP contribution in [0.15, 0.2) is 60.8 Å². The number of hydrogen-bond acceptors (Lipinski definition) is 3. The van der Waals surface area contributed by atoms with Crippen LogP contribution in [0, 0.1) is 5.82 Å². The fourth-order valence-corrected chi connectivity index (χ4v) is 3.71. The zero-order valence-corrected chi connectivity index (χ0v) is 16.3. The van der Waals surface area contributed by atoms with Gasteiger partial charge in [-0.2, -0.15) is 0 Å². The van der Waals surface area contributed by atoms with E-state index >= 15 is 0 Å². The van der Waals surface area contributed by atoms with Crippen molar-refractivity contribution in [2.75, 3.05) is 26.1 Å². The molecular weight excluding hydrogens is 373 g/mol. The summed E-state index contributed by atoms with van der Waals surface area (Å²) >= 11 is 0. The van der Waals surface area contributed by atoms with Crippen LogP contribution < -0.4 is 14.8 Å². The van der Waals surface area contributed by atoms with Gasteiger partial charge >= 0.3 is 6.03 Å². The average molecular weight is 395 g/mol. The SMILES string of the molecule is COc1ccc(NC(=O)N2CCn3cccc3C2c2ccc(F)cc2)cc1OC. The molecular formula is C22H22FN3O3. The number of amides is 2. The van der Waals surface area contributed by atoms with Gasteiger partial charge in [0.25, 0.3) is 0 Å². The van der Waals surface area contributed by atoms with Crippen molar-refractivity contribution in [2.24, 2.45) is 0 Å². The molecule has 29 heavy (non-hydrogen) atoms. The van der Waals surface area contributed by atoms with Gasteiger partial charge in [0.2, 0.25) is 0 Å². The maximum Gasteiger partial charge on any atom is 0.322 e. The molecule has 7 heteroatoms. The number of hydrogen-bond donors (Lipinski definition) is 1. The summed E-state index contributed by atoms with van der Waals surface area (Å²) in [4.78, 5) is 14.9. The second-order valence-corrected chi connectivity index (χ2v) is 6.77. The van der Waals surface area contributed by atoms with Crippen molar-refractivity contribution < 1.29 is 18.7 Å². The fourth-order valence-electron chi connectivity index (χ4n) is 3.71. The fraction of sp³-hybridized carbons (Fsp3) is 0.227. The predicted molar refractivity (Wildman–Crippen MR) is 108 cm³/mol. The molecule has 1 N–H and O–H groups in total. The molecule has 0 radical (unpaired) electrons. The Morgan fingerprint density at radius 2 is 1.79 bits per heavy atom. The first kappa shape index (κ1) is 18.9. The van der Waals surface area contributed by atoms with Gasteiger partial charge in [-0.25, -0.2) is 9.18 Å². The number of fused-ring (bicyclic) bond motifs is 1. The molecule has 0 bridgehead atoms. The van der Waals surface area contributed by atoms with Crippen LogP contribution in [0.1, 0.15) is 17.3 Å². The van der Waals surface area contributed by atoms with Crippen molar-refractivity contribution in [3.63, 3.8) is 0 Å². The number of nitrogens with one attached hydrogen (secondary N) is 1. The van der Waals surface area contributed by atoms with Gasteiger partial charge in [0.15, 0.2) is 11.5 Å². The van der Waals surface area contributed by atoms with Gasteiger partial charge in [-0.15, -0.1) is 0 Å². The standard InChI is InChI=1S/C22H22FN3O3/c1-28-19-10-9-17(14-20(19)29-2)24-22(27)26-13-12-25-11-3-4-18(25)21(26)15-5-7-16(23)8-6-15/h3-11,14,21H,12-13H2,1-2H3,(H,24,27). The molecule has 0 saturated carbocycles. The van der Waals surface area contributed by atoms with E-state index in [4.69, 9.17) is 9.47 Å². The van der Waals surface area contributed by atoms with Crippen LogP contribution in [0.2, 0.25) is 0 Å². The minimum atomic E-state index is -0.306. The van der Waals surface area contributed by atoms with Gasteiger partial charge in [0.1, 0.15) is 5.82 Å². The molecule has 1 aliphatic rings. The second-order valence-electron chi connectivity index (χ2n) is 6.77. The number of benzene rings is 2. The van der Waals surface area contributed by atoms with Crippen LogP contribution in [0.5, 0.6) is 11.5 Å². The summed E-state index contributed by atoms with van der Waals surface area (Å²) in [5.74, 6) is 0.819. The molecule has 4 rings (SSSR count). The lowest BCUT2D eigenvalue weighted by Gasteiger charge is -2.37. The molecule has 0 spiro atoms. The van der Waals surface area contributed by atoms with Gasteiger partial charge in [-0.05, 0) is 42.0 Å². The molecule has 0 fully saturated rings. The van der Waals surface area contributed by atoms with Gasteiger partial charge in [-0.3, -0.25) is 0 Å². The molecule has 1 atom stereocenters. The van der Waals surface area contributed by atoms with Crippen LogP contribution in [-0.2, 0) is 6.54 Å². The highest BCUT2D eigenvalue weighted by atomic mass is 19.1. The topological polar surface area (TPSA) is 55.7 Å². The van der Waals surface area contributed by atoms with Crippen molar-refractivity contribution in [1.82, 2.24) is 9.47 Å². The molecule has 1 aliphatic heterocycles. The van der Waals surface area contributed by atoms with Crippen LogP contribution in [0.4, 0.5) is 14.9 Å². The van der Waals surface area contributed by atoms with E-state index in [9.17, 15) is 9.18 Å². The first-order valence-electron chi connectivity index (χ1n) is 9.31. The Hall–Kier alpha value is -3.48. The number of carbonyl (C=O) groups is 1.